The molecule has 0 spiro atoms. The van der Waals surface area contributed by atoms with E-state index in [1.165, 1.54) is 0 Å². The lowest BCUT2D eigenvalue weighted by Gasteiger charge is -2.17. The summed E-state index contributed by atoms with van der Waals surface area (Å²) < 4.78 is 0. The monoisotopic (exact) mass is 266 g/mol. The van der Waals surface area contributed by atoms with Crippen LogP contribution in [0.3, 0.4) is 0 Å². The molecular weight excluding hydrogens is 240 g/mol. The van der Waals surface area contributed by atoms with Gasteiger partial charge in [0.05, 0.1) is 6.10 Å². The van der Waals surface area contributed by atoms with E-state index in [0.717, 1.165) is 31.6 Å². The van der Waals surface area contributed by atoms with Crippen molar-refractivity contribution >= 4 is 5.95 Å². The standard InChI is InChI=1S/C14H26N4O/c1-11(2)7-15-8-13-9-16-14(17-10-13)18(4)6-5-12(3)19/h9-12,15,19H,5-8H2,1-4H3. The maximum absolute atomic E-state index is 9.26. The molecule has 19 heavy (non-hydrogen) atoms. The molecule has 1 atom stereocenters. The normalized spacial score (nSPS) is 12.7. The van der Waals surface area contributed by atoms with E-state index in [9.17, 15) is 5.11 Å². The van der Waals surface area contributed by atoms with Crippen LogP contribution in [0.1, 0.15) is 32.8 Å². The number of anilines is 1. The second kappa shape index (κ2) is 8.07. The van der Waals surface area contributed by atoms with Crippen molar-refractivity contribution in [3.05, 3.63) is 18.0 Å². The zero-order chi connectivity index (χ0) is 14.3. The van der Waals surface area contributed by atoms with Crippen molar-refractivity contribution in [3.63, 3.8) is 0 Å². The highest BCUT2D eigenvalue weighted by molar-refractivity contribution is 5.28. The Balaban J connectivity index is 2.42. The molecule has 0 aromatic carbocycles. The van der Waals surface area contributed by atoms with Gasteiger partial charge in [-0.15, -0.1) is 0 Å². The highest BCUT2D eigenvalue weighted by atomic mass is 16.3. The molecule has 1 rings (SSSR count). The second-order valence-corrected chi connectivity index (χ2v) is 5.48. The largest absolute Gasteiger partial charge is 0.393 e. The van der Waals surface area contributed by atoms with Crippen molar-refractivity contribution in [2.75, 3.05) is 25.0 Å². The molecule has 5 nitrogen and oxygen atoms in total. The quantitative estimate of drug-likeness (QED) is 0.745. The third-order valence-corrected chi connectivity index (χ3v) is 2.80. The van der Waals surface area contributed by atoms with Crippen LogP contribution in [-0.2, 0) is 6.54 Å². The van der Waals surface area contributed by atoms with Crippen LogP contribution in [0.15, 0.2) is 12.4 Å². The third kappa shape index (κ3) is 6.50. The summed E-state index contributed by atoms with van der Waals surface area (Å²) >= 11 is 0. The molecule has 0 aliphatic heterocycles. The molecule has 1 unspecified atom stereocenters. The molecule has 1 aromatic heterocycles. The minimum absolute atomic E-state index is 0.290. The van der Waals surface area contributed by atoms with Crippen LogP contribution < -0.4 is 10.2 Å². The summed E-state index contributed by atoms with van der Waals surface area (Å²) in [5.74, 6) is 1.35. The molecule has 108 valence electrons. The lowest BCUT2D eigenvalue weighted by Crippen LogP contribution is -2.24. The number of aliphatic hydroxyl groups excluding tert-OH is 1. The first kappa shape index (κ1) is 15.9. The summed E-state index contributed by atoms with van der Waals surface area (Å²) in [5, 5.41) is 12.6. The van der Waals surface area contributed by atoms with E-state index in [1.807, 2.05) is 24.3 Å². The van der Waals surface area contributed by atoms with Crippen LogP contribution in [0.4, 0.5) is 5.95 Å². The minimum Gasteiger partial charge on any atom is -0.393 e. The van der Waals surface area contributed by atoms with Crippen LogP contribution in [0.25, 0.3) is 0 Å². The molecule has 1 heterocycles. The van der Waals surface area contributed by atoms with Crippen molar-refractivity contribution in [2.24, 2.45) is 5.92 Å². The highest BCUT2D eigenvalue weighted by Gasteiger charge is 2.05. The average molecular weight is 266 g/mol. The van der Waals surface area contributed by atoms with E-state index >= 15 is 0 Å². The second-order valence-electron chi connectivity index (χ2n) is 5.48. The smallest absolute Gasteiger partial charge is 0.224 e. The van der Waals surface area contributed by atoms with Crippen molar-refractivity contribution in [1.82, 2.24) is 15.3 Å². The van der Waals surface area contributed by atoms with Gasteiger partial charge in [0, 0.05) is 38.1 Å². The lowest BCUT2D eigenvalue weighted by atomic mass is 10.2. The van der Waals surface area contributed by atoms with Gasteiger partial charge in [0.2, 0.25) is 5.95 Å². The minimum atomic E-state index is -0.290. The molecule has 5 heteroatoms. The number of nitrogens with zero attached hydrogens (tertiary/aromatic N) is 3. The molecule has 0 aliphatic carbocycles. The van der Waals surface area contributed by atoms with Crippen molar-refractivity contribution < 1.29 is 5.11 Å². The fraction of sp³-hybridized carbons (Fsp3) is 0.714. The van der Waals surface area contributed by atoms with E-state index < -0.39 is 0 Å². The zero-order valence-corrected chi connectivity index (χ0v) is 12.4. The van der Waals surface area contributed by atoms with Crippen LogP contribution >= 0.6 is 0 Å². The molecule has 2 N–H and O–H groups in total. The fourth-order valence-corrected chi connectivity index (χ4v) is 1.62. The number of hydrogen-bond acceptors (Lipinski definition) is 5. The Morgan fingerprint density at radius 1 is 1.26 bits per heavy atom. The Hall–Kier alpha value is -1.20. The van der Waals surface area contributed by atoms with Gasteiger partial charge in [0.15, 0.2) is 0 Å². The molecule has 0 fully saturated rings. The summed E-state index contributed by atoms with van der Waals surface area (Å²) in [7, 11) is 1.94. The molecule has 0 amide bonds. The number of aliphatic hydroxyl groups is 1. The Labute approximate surface area is 116 Å². The third-order valence-electron chi connectivity index (χ3n) is 2.80. The first-order valence-corrected chi connectivity index (χ1v) is 6.90. The maximum Gasteiger partial charge on any atom is 0.224 e. The van der Waals surface area contributed by atoms with Gasteiger partial charge in [-0.2, -0.15) is 0 Å². The molecule has 0 saturated carbocycles. The number of hydrogen-bond donors (Lipinski definition) is 2. The summed E-state index contributed by atoms with van der Waals surface area (Å²) in [6.45, 7) is 8.71. The fourth-order valence-electron chi connectivity index (χ4n) is 1.62. The molecular formula is C14H26N4O. The van der Waals surface area contributed by atoms with E-state index in [2.05, 4.69) is 29.1 Å². The first-order valence-electron chi connectivity index (χ1n) is 6.90. The van der Waals surface area contributed by atoms with E-state index in [0.29, 0.717) is 11.9 Å². The van der Waals surface area contributed by atoms with Gasteiger partial charge in [-0.05, 0) is 25.8 Å². The Morgan fingerprint density at radius 3 is 2.42 bits per heavy atom. The summed E-state index contributed by atoms with van der Waals surface area (Å²) in [6, 6.07) is 0. The number of rotatable bonds is 8. The van der Waals surface area contributed by atoms with Crippen molar-refractivity contribution in [2.45, 2.75) is 39.8 Å². The van der Waals surface area contributed by atoms with Crippen molar-refractivity contribution in [3.8, 4) is 0 Å². The molecule has 0 saturated heterocycles. The lowest BCUT2D eigenvalue weighted by molar-refractivity contribution is 0.186. The molecule has 0 bridgehead atoms. The van der Waals surface area contributed by atoms with E-state index in [4.69, 9.17) is 0 Å². The van der Waals surface area contributed by atoms with Crippen LogP contribution in [0.2, 0.25) is 0 Å². The van der Waals surface area contributed by atoms with E-state index in [-0.39, 0.29) is 6.10 Å². The first-order chi connectivity index (χ1) is 8.99. The topological polar surface area (TPSA) is 61.3 Å². The Morgan fingerprint density at radius 2 is 1.89 bits per heavy atom. The van der Waals surface area contributed by atoms with Gasteiger partial charge in [-0.1, -0.05) is 13.8 Å². The van der Waals surface area contributed by atoms with Gasteiger partial charge in [0.1, 0.15) is 0 Å². The predicted molar refractivity (Wildman–Crippen MR) is 78.1 cm³/mol. The van der Waals surface area contributed by atoms with Gasteiger partial charge in [-0.25, -0.2) is 9.97 Å². The zero-order valence-electron chi connectivity index (χ0n) is 12.4. The molecule has 0 aliphatic rings. The van der Waals surface area contributed by atoms with Crippen LogP contribution in [0.5, 0.6) is 0 Å². The SMILES string of the molecule is CC(C)CNCc1cnc(N(C)CCC(C)O)nc1. The molecule has 1 aromatic rings. The summed E-state index contributed by atoms with van der Waals surface area (Å²) in [4.78, 5) is 10.7. The summed E-state index contributed by atoms with van der Waals surface area (Å²) in [5.41, 5.74) is 1.09. The predicted octanol–water partition coefficient (Wildman–Crippen LogP) is 1.43. The molecule has 0 radical (unpaired) electrons. The Kier molecular flexibility index (Phi) is 6.73. The van der Waals surface area contributed by atoms with Crippen molar-refractivity contribution in [1.29, 1.82) is 0 Å². The average Bonchev–Trinajstić information content (AvgIpc) is 2.36. The van der Waals surface area contributed by atoms with Crippen LogP contribution in [-0.4, -0.2) is 41.3 Å². The van der Waals surface area contributed by atoms with Crippen LogP contribution in [0, 0.1) is 5.92 Å². The van der Waals surface area contributed by atoms with Gasteiger partial charge in [-0.3, -0.25) is 0 Å². The highest BCUT2D eigenvalue weighted by Crippen LogP contribution is 2.06. The van der Waals surface area contributed by atoms with Gasteiger partial charge < -0.3 is 15.3 Å². The van der Waals surface area contributed by atoms with Gasteiger partial charge in [0.25, 0.3) is 0 Å². The van der Waals surface area contributed by atoms with E-state index in [1.54, 1.807) is 6.92 Å². The Bertz CT molecular complexity index is 351. The summed E-state index contributed by atoms with van der Waals surface area (Å²) in [6.07, 6.45) is 4.14. The van der Waals surface area contributed by atoms with Gasteiger partial charge >= 0.3 is 0 Å². The maximum atomic E-state index is 9.26. The number of aromatic nitrogens is 2. The number of nitrogens with one attached hydrogen (secondary N) is 1.